The Labute approximate surface area is 47.6 Å². The zero-order chi connectivity index (χ0) is 6.41. The first kappa shape index (κ1) is 7.14. The molecule has 0 aromatic heterocycles. The van der Waals surface area contributed by atoms with Crippen molar-refractivity contribution >= 4 is 12.4 Å². The van der Waals surface area contributed by atoms with Gasteiger partial charge in [-0.2, -0.15) is 0 Å². The summed E-state index contributed by atoms with van der Waals surface area (Å²) in [5, 5.41) is 0. The maximum absolute atomic E-state index is 10.2. The van der Waals surface area contributed by atoms with Gasteiger partial charge in [-0.15, -0.1) is 0 Å². The van der Waals surface area contributed by atoms with E-state index < -0.39 is 5.97 Å². The fraction of sp³-hybridized carbons (Fsp3) is 0.600. The largest absolute Gasteiger partial charge is 0.425 e. The van der Waals surface area contributed by atoms with Crippen LogP contribution in [0.25, 0.3) is 0 Å². The Hall–Kier alpha value is -0.860. The molecule has 3 nitrogen and oxygen atoms in total. The number of carbonyl (C=O) groups excluding carboxylic acids is 2. The van der Waals surface area contributed by atoms with Crippen LogP contribution in [0.15, 0.2) is 0 Å². The van der Waals surface area contributed by atoms with Crippen LogP contribution in [0.4, 0.5) is 0 Å². The molecule has 0 rings (SSSR count). The lowest BCUT2D eigenvalue weighted by Gasteiger charge is -1.88. The molecule has 0 N–H and O–H groups in total. The molecule has 8 heavy (non-hydrogen) atoms. The average Bonchev–Trinajstić information content (AvgIpc) is 1.68. The van der Waals surface area contributed by atoms with Gasteiger partial charge in [-0.3, -0.25) is 4.79 Å². The zero-order valence-electron chi connectivity index (χ0n) is 4.64. The van der Waals surface area contributed by atoms with Gasteiger partial charge in [0, 0.05) is 6.42 Å². The Bertz CT molecular complexity index is 87.7. The summed E-state index contributed by atoms with van der Waals surface area (Å²) < 4.78 is 3.84. The lowest BCUT2D eigenvalue weighted by Crippen LogP contribution is -2.00. The van der Waals surface area contributed by atoms with E-state index in [9.17, 15) is 9.59 Å². The molecule has 0 heterocycles. The first-order valence-electron chi connectivity index (χ1n) is 2.38. The van der Waals surface area contributed by atoms with Gasteiger partial charge in [-0.1, -0.05) is 6.92 Å². The Morgan fingerprint density at radius 2 is 2.38 bits per heavy atom. The van der Waals surface area contributed by atoms with E-state index in [1.807, 2.05) is 6.92 Å². The molecule has 0 aromatic rings. The molecular weight excluding hydrogens is 108 g/mol. The van der Waals surface area contributed by atoms with E-state index in [-0.39, 0.29) is 6.42 Å². The van der Waals surface area contributed by atoms with Crippen molar-refractivity contribution in [3.8, 4) is 0 Å². The smallest absolute Gasteiger partial charge is 0.384 e. The summed E-state index contributed by atoms with van der Waals surface area (Å²) in [6.07, 6.45) is 0.982. The van der Waals surface area contributed by atoms with Crippen molar-refractivity contribution < 1.29 is 14.3 Å². The molecule has 0 amide bonds. The van der Waals surface area contributed by atoms with Crippen molar-refractivity contribution in [3.63, 3.8) is 0 Å². The first-order chi connectivity index (χ1) is 3.81. The molecule has 0 bridgehead atoms. The van der Waals surface area contributed by atoms with Crippen molar-refractivity contribution in [2.24, 2.45) is 0 Å². The monoisotopic (exact) mass is 115 g/mol. The van der Waals surface area contributed by atoms with E-state index in [1.54, 1.807) is 0 Å². The number of rotatable bonds is 3. The molecule has 45 valence electrons. The molecule has 0 saturated heterocycles. The second-order valence-electron chi connectivity index (χ2n) is 1.31. The molecule has 1 radical (unpaired) electrons. The number of hydrogen-bond acceptors (Lipinski definition) is 3. The Morgan fingerprint density at radius 1 is 1.75 bits per heavy atom. The topological polar surface area (TPSA) is 43.4 Å². The zero-order valence-corrected chi connectivity index (χ0v) is 4.64. The summed E-state index contributed by atoms with van der Waals surface area (Å²) in [6.45, 7) is 2.88. The third-order valence-electron chi connectivity index (χ3n) is 0.610. The van der Waals surface area contributed by atoms with Gasteiger partial charge in [0.25, 0.3) is 0 Å². The summed E-state index contributed by atoms with van der Waals surface area (Å²) in [6, 6.07) is 0. The molecule has 3 heteroatoms. The lowest BCUT2D eigenvalue weighted by atomic mass is 10.3. The highest BCUT2D eigenvalue weighted by Gasteiger charge is 1.97. The van der Waals surface area contributed by atoms with Gasteiger partial charge in [0.1, 0.15) is 0 Å². The van der Waals surface area contributed by atoms with Crippen molar-refractivity contribution in [2.45, 2.75) is 19.8 Å². The quantitative estimate of drug-likeness (QED) is 0.395. The van der Waals surface area contributed by atoms with Crippen LogP contribution in [0.5, 0.6) is 0 Å². The van der Waals surface area contributed by atoms with Gasteiger partial charge in [0.2, 0.25) is 0 Å². The summed E-state index contributed by atoms with van der Waals surface area (Å²) in [7, 11) is 0. The number of hydrogen-bond donors (Lipinski definition) is 0. The maximum atomic E-state index is 10.2. The Balaban J connectivity index is 3.18. The summed E-state index contributed by atoms with van der Waals surface area (Å²) in [4.78, 5) is 19.5. The Kier molecular flexibility index (Phi) is 3.84. The normalized spacial score (nSPS) is 8.12. The highest BCUT2D eigenvalue weighted by Crippen LogP contribution is 1.87. The third kappa shape index (κ3) is 3.33. The third-order valence-corrected chi connectivity index (χ3v) is 0.610. The van der Waals surface area contributed by atoms with Crippen LogP contribution >= 0.6 is 0 Å². The van der Waals surface area contributed by atoms with Crippen LogP contribution in [-0.2, 0) is 14.3 Å². The molecule has 0 atom stereocenters. The van der Waals surface area contributed by atoms with Crippen LogP contribution in [0.3, 0.4) is 0 Å². The summed E-state index contributed by atoms with van der Waals surface area (Å²) in [5.41, 5.74) is 0. The van der Waals surface area contributed by atoms with Gasteiger partial charge >= 0.3 is 12.4 Å². The van der Waals surface area contributed by atoms with Gasteiger partial charge in [-0.25, -0.2) is 4.79 Å². The van der Waals surface area contributed by atoms with Crippen LogP contribution in [-0.4, -0.2) is 12.4 Å². The fourth-order valence-corrected chi connectivity index (χ4v) is 0.302. The van der Waals surface area contributed by atoms with Crippen molar-refractivity contribution in [1.29, 1.82) is 0 Å². The lowest BCUT2D eigenvalue weighted by molar-refractivity contribution is -0.135. The second kappa shape index (κ2) is 4.30. The van der Waals surface area contributed by atoms with E-state index in [0.717, 1.165) is 6.47 Å². The van der Waals surface area contributed by atoms with Crippen LogP contribution < -0.4 is 0 Å². The van der Waals surface area contributed by atoms with E-state index in [0.29, 0.717) is 6.42 Å². The molecule has 0 aliphatic heterocycles. The predicted octanol–water partition coefficient (Wildman–Crippen LogP) is 0.397. The number of ether oxygens (including phenoxy) is 1. The van der Waals surface area contributed by atoms with Gasteiger partial charge in [0.15, 0.2) is 0 Å². The molecule has 0 fully saturated rings. The average molecular weight is 115 g/mol. The van der Waals surface area contributed by atoms with Crippen LogP contribution in [0.1, 0.15) is 19.8 Å². The van der Waals surface area contributed by atoms with Gasteiger partial charge in [0.05, 0.1) is 0 Å². The molecular formula is C5H7O3. The minimum Gasteiger partial charge on any atom is -0.384 e. The van der Waals surface area contributed by atoms with E-state index in [4.69, 9.17) is 0 Å². The standard InChI is InChI=1S/C5H7O3/c1-2-3-5(7)8-4-6/h2-3H2,1H3. The number of carbonyl (C=O) groups is 1. The first-order valence-corrected chi connectivity index (χ1v) is 2.38. The molecule has 0 aliphatic rings. The van der Waals surface area contributed by atoms with Crippen molar-refractivity contribution in [1.82, 2.24) is 0 Å². The van der Waals surface area contributed by atoms with Crippen molar-refractivity contribution in [2.75, 3.05) is 0 Å². The summed E-state index contributed by atoms with van der Waals surface area (Å²) >= 11 is 0. The molecule has 0 unspecified atom stereocenters. The highest BCUT2D eigenvalue weighted by molar-refractivity contribution is 5.76. The Morgan fingerprint density at radius 3 is 2.75 bits per heavy atom. The summed E-state index contributed by atoms with van der Waals surface area (Å²) in [5.74, 6) is -0.512. The van der Waals surface area contributed by atoms with Gasteiger partial charge in [-0.05, 0) is 6.42 Å². The van der Waals surface area contributed by atoms with E-state index >= 15 is 0 Å². The minimum atomic E-state index is -0.512. The molecule has 0 aliphatic carbocycles. The van der Waals surface area contributed by atoms with E-state index in [1.165, 1.54) is 0 Å². The van der Waals surface area contributed by atoms with E-state index in [2.05, 4.69) is 4.74 Å². The van der Waals surface area contributed by atoms with Crippen LogP contribution in [0.2, 0.25) is 0 Å². The SMILES string of the molecule is CCCC(=O)O[C]=O. The van der Waals surface area contributed by atoms with Crippen LogP contribution in [0, 0.1) is 0 Å². The molecule has 0 saturated carbocycles. The van der Waals surface area contributed by atoms with Crippen molar-refractivity contribution in [3.05, 3.63) is 0 Å². The molecule has 0 spiro atoms. The minimum absolute atomic E-state index is 0.287. The number of esters is 1. The van der Waals surface area contributed by atoms with Gasteiger partial charge < -0.3 is 4.74 Å². The molecule has 0 aromatic carbocycles. The highest BCUT2D eigenvalue weighted by atomic mass is 16.6. The second-order valence-corrected chi connectivity index (χ2v) is 1.31. The predicted molar refractivity (Wildman–Crippen MR) is 26.7 cm³/mol. The maximum Gasteiger partial charge on any atom is 0.425 e. The fourth-order valence-electron chi connectivity index (χ4n) is 0.302.